The molecule has 1 aromatic carbocycles. The summed E-state index contributed by atoms with van der Waals surface area (Å²) in [6.07, 6.45) is -2.14. The van der Waals surface area contributed by atoms with Gasteiger partial charge in [0.1, 0.15) is 5.82 Å². The molecule has 0 fully saturated rings. The van der Waals surface area contributed by atoms with Crippen molar-refractivity contribution in [2.45, 2.75) is 36.9 Å². The van der Waals surface area contributed by atoms with E-state index in [0.29, 0.717) is 18.4 Å². The molecule has 1 nitrogen and oxygen atoms in total. The van der Waals surface area contributed by atoms with Gasteiger partial charge in [-0.2, -0.15) is 13.2 Å². The molecule has 0 saturated heterocycles. The van der Waals surface area contributed by atoms with Crippen molar-refractivity contribution in [3.8, 4) is 0 Å². The second kappa shape index (κ2) is 5.93. The molecule has 1 unspecified atom stereocenters. The summed E-state index contributed by atoms with van der Waals surface area (Å²) in [5.41, 5.74) is 4.83. The molecule has 0 radical (unpaired) electrons. The summed E-state index contributed by atoms with van der Waals surface area (Å²) in [5.74, 6) is -1.19. The predicted octanol–water partition coefficient (Wildman–Crippen LogP) is 3.85. The Morgan fingerprint density at radius 3 is 2.39 bits per heavy atom. The number of benzene rings is 1. The summed E-state index contributed by atoms with van der Waals surface area (Å²) in [4.78, 5) is 0.0181. The number of hydrogen-bond acceptors (Lipinski definition) is 2. The monoisotopic (exact) mass is 281 g/mol. The maximum absolute atomic E-state index is 13.6. The lowest BCUT2D eigenvalue weighted by Crippen LogP contribution is -2.16. The van der Waals surface area contributed by atoms with E-state index in [2.05, 4.69) is 0 Å². The first-order chi connectivity index (χ1) is 8.25. The smallest absolute Gasteiger partial charge is 0.328 e. The first-order valence-electron chi connectivity index (χ1n) is 5.45. The number of nitrogens with two attached hydrogens (primary N) is 1. The molecular weight excluding hydrogens is 266 g/mol. The summed E-state index contributed by atoms with van der Waals surface area (Å²) in [7, 11) is 0. The van der Waals surface area contributed by atoms with Gasteiger partial charge in [-0.15, -0.1) is 11.8 Å². The van der Waals surface area contributed by atoms with Gasteiger partial charge in [-0.05, 0) is 43.7 Å². The molecule has 0 aliphatic carbocycles. The third-order valence-corrected chi connectivity index (χ3v) is 3.25. The van der Waals surface area contributed by atoms with Gasteiger partial charge in [0.05, 0.1) is 5.56 Å². The van der Waals surface area contributed by atoms with Crippen molar-refractivity contribution in [2.75, 3.05) is 6.26 Å². The highest BCUT2D eigenvalue weighted by Gasteiger charge is 2.35. The van der Waals surface area contributed by atoms with E-state index in [9.17, 15) is 17.6 Å². The van der Waals surface area contributed by atoms with Crippen molar-refractivity contribution in [3.05, 3.63) is 29.1 Å². The predicted molar refractivity (Wildman–Crippen MR) is 65.2 cm³/mol. The van der Waals surface area contributed by atoms with Gasteiger partial charge < -0.3 is 5.73 Å². The molecule has 0 heterocycles. The molecule has 0 bridgehead atoms. The molecule has 0 aromatic heterocycles. The molecule has 6 heteroatoms. The molecule has 0 aliphatic heterocycles. The Morgan fingerprint density at radius 2 is 1.94 bits per heavy atom. The van der Waals surface area contributed by atoms with Crippen molar-refractivity contribution in [1.82, 2.24) is 0 Å². The summed E-state index contributed by atoms with van der Waals surface area (Å²) in [6, 6.07) is 2.23. The lowest BCUT2D eigenvalue weighted by atomic mass is 10.0. The topological polar surface area (TPSA) is 26.0 Å². The molecule has 0 spiro atoms. The minimum absolute atomic E-state index is 0.0181. The molecule has 2 N–H and O–H groups in total. The quantitative estimate of drug-likeness (QED) is 0.670. The van der Waals surface area contributed by atoms with Gasteiger partial charge in [0.2, 0.25) is 0 Å². The van der Waals surface area contributed by atoms with E-state index < -0.39 is 17.6 Å². The van der Waals surface area contributed by atoms with E-state index in [4.69, 9.17) is 5.73 Å². The van der Waals surface area contributed by atoms with Crippen LogP contribution >= 0.6 is 11.8 Å². The van der Waals surface area contributed by atoms with Gasteiger partial charge in [0.25, 0.3) is 0 Å². The van der Waals surface area contributed by atoms with Crippen LogP contribution in [0, 0.1) is 5.82 Å². The number of aryl methyl sites for hydroxylation is 1. The summed E-state index contributed by atoms with van der Waals surface area (Å²) >= 11 is 0.968. The Hall–Kier alpha value is -0.750. The highest BCUT2D eigenvalue weighted by atomic mass is 32.2. The Balaban J connectivity index is 3.14. The zero-order valence-corrected chi connectivity index (χ0v) is 11.0. The fraction of sp³-hybridized carbons (Fsp3) is 0.500. The van der Waals surface area contributed by atoms with Gasteiger partial charge in [0.15, 0.2) is 0 Å². The van der Waals surface area contributed by atoms with Crippen LogP contribution in [0.25, 0.3) is 0 Å². The van der Waals surface area contributed by atoms with Crippen molar-refractivity contribution in [2.24, 2.45) is 5.73 Å². The number of halogens is 4. The number of thioether (sulfide) groups is 1. The van der Waals surface area contributed by atoms with Gasteiger partial charge >= 0.3 is 6.18 Å². The molecule has 1 atom stereocenters. The van der Waals surface area contributed by atoms with Crippen LogP contribution < -0.4 is 5.73 Å². The third kappa shape index (κ3) is 3.88. The second-order valence-electron chi connectivity index (χ2n) is 4.17. The van der Waals surface area contributed by atoms with E-state index in [1.807, 2.05) is 0 Å². The maximum Gasteiger partial charge on any atom is 0.419 e. The van der Waals surface area contributed by atoms with Crippen LogP contribution in [0.15, 0.2) is 17.0 Å². The lowest BCUT2D eigenvalue weighted by molar-refractivity contribution is -0.140. The van der Waals surface area contributed by atoms with E-state index in [1.54, 1.807) is 13.2 Å². The molecule has 1 rings (SSSR count). The lowest BCUT2D eigenvalue weighted by Gasteiger charge is -2.13. The van der Waals surface area contributed by atoms with Crippen molar-refractivity contribution >= 4 is 11.8 Å². The summed E-state index contributed by atoms with van der Waals surface area (Å²) in [6.45, 7) is 1.78. The van der Waals surface area contributed by atoms with Crippen molar-refractivity contribution in [3.63, 3.8) is 0 Å². The van der Waals surface area contributed by atoms with E-state index >= 15 is 0 Å². The largest absolute Gasteiger partial charge is 0.419 e. The highest BCUT2D eigenvalue weighted by molar-refractivity contribution is 7.98. The average Bonchev–Trinajstić information content (AvgIpc) is 2.25. The average molecular weight is 281 g/mol. The van der Waals surface area contributed by atoms with Crippen LogP contribution in [0.5, 0.6) is 0 Å². The van der Waals surface area contributed by atoms with E-state index in [0.717, 1.165) is 17.8 Å². The summed E-state index contributed by atoms with van der Waals surface area (Å²) < 4.78 is 51.6. The first kappa shape index (κ1) is 15.3. The fourth-order valence-electron chi connectivity index (χ4n) is 1.55. The maximum atomic E-state index is 13.6. The first-order valence-corrected chi connectivity index (χ1v) is 6.67. The molecule has 0 saturated carbocycles. The molecule has 0 aliphatic rings. The second-order valence-corrected chi connectivity index (χ2v) is 5.02. The Morgan fingerprint density at radius 1 is 1.33 bits per heavy atom. The molecule has 1 aromatic rings. The van der Waals surface area contributed by atoms with Crippen LogP contribution in [0.2, 0.25) is 0 Å². The summed E-state index contributed by atoms with van der Waals surface area (Å²) in [5, 5.41) is 0. The van der Waals surface area contributed by atoms with E-state index in [1.165, 1.54) is 6.07 Å². The van der Waals surface area contributed by atoms with Crippen LogP contribution in [0.3, 0.4) is 0 Å². The van der Waals surface area contributed by atoms with Crippen molar-refractivity contribution < 1.29 is 17.6 Å². The molecule has 18 heavy (non-hydrogen) atoms. The van der Waals surface area contributed by atoms with Gasteiger partial charge in [0, 0.05) is 10.9 Å². The zero-order chi connectivity index (χ0) is 13.9. The van der Waals surface area contributed by atoms with Gasteiger partial charge in [-0.25, -0.2) is 4.39 Å². The van der Waals surface area contributed by atoms with Crippen molar-refractivity contribution in [1.29, 1.82) is 0 Å². The number of hydrogen-bond donors (Lipinski definition) is 1. The van der Waals surface area contributed by atoms with Crippen LogP contribution in [-0.2, 0) is 12.6 Å². The molecule has 102 valence electrons. The number of rotatable bonds is 4. The Labute approximate surface area is 108 Å². The normalized spacial score (nSPS) is 13.7. The Bertz CT molecular complexity index is 415. The SMILES string of the molecule is CSc1cc(CCC(C)N)cc(C(F)(F)F)c1F. The van der Waals surface area contributed by atoms with Gasteiger partial charge in [-0.3, -0.25) is 0 Å². The third-order valence-electron chi connectivity index (χ3n) is 2.51. The van der Waals surface area contributed by atoms with Crippen LogP contribution in [0.1, 0.15) is 24.5 Å². The van der Waals surface area contributed by atoms with Crippen LogP contribution in [-0.4, -0.2) is 12.3 Å². The van der Waals surface area contributed by atoms with E-state index in [-0.39, 0.29) is 10.9 Å². The molecule has 0 amide bonds. The standard InChI is InChI=1S/C12H15F4NS/c1-7(17)3-4-8-5-9(12(14,15)16)11(13)10(6-8)18-2/h5-7H,3-4,17H2,1-2H3. The Kier molecular flexibility index (Phi) is 5.04. The minimum atomic E-state index is -4.67. The molecular formula is C12H15F4NS. The minimum Gasteiger partial charge on any atom is -0.328 e. The zero-order valence-electron chi connectivity index (χ0n) is 10.1. The highest BCUT2D eigenvalue weighted by Crippen LogP contribution is 2.36. The van der Waals surface area contributed by atoms with Crippen LogP contribution in [0.4, 0.5) is 17.6 Å². The fourth-order valence-corrected chi connectivity index (χ4v) is 2.11. The van der Waals surface area contributed by atoms with Gasteiger partial charge in [-0.1, -0.05) is 0 Å². The number of alkyl halides is 3.